The second-order valence-electron chi connectivity index (χ2n) is 6.40. The molecular weight excluding hydrogens is 264 g/mol. The minimum Gasteiger partial charge on any atom is -0.385 e. The van der Waals surface area contributed by atoms with Crippen LogP contribution in [0.2, 0.25) is 0 Å². The molecule has 3 fully saturated rings. The van der Waals surface area contributed by atoms with Crippen molar-refractivity contribution in [3.8, 4) is 0 Å². The number of nitrogens with zero attached hydrogens (tertiary/aromatic N) is 1. The van der Waals surface area contributed by atoms with Crippen LogP contribution >= 0.6 is 12.4 Å². The largest absolute Gasteiger partial charge is 0.385 e. The van der Waals surface area contributed by atoms with Crippen molar-refractivity contribution in [2.24, 2.45) is 23.0 Å². The third kappa shape index (κ3) is 2.63. The maximum Gasteiger partial charge on any atom is 0.228 e. The molecule has 0 bridgehead atoms. The van der Waals surface area contributed by atoms with Crippen LogP contribution in [-0.4, -0.2) is 43.7 Å². The predicted octanol–water partition coefficient (Wildman–Crippen LogP) is 1.42. The van der Waals surface area contributed by atoms with Gasteiger partial charge >= 0.3 is 0 Å². The van der Waals surface area contributed by atoms with Gasteiger partial charge in [-0.3, -0.25) is 4.79 Å². The van der Waals surface area contributed by atoms with E-state index in [9.17, 15) is 4.79 Å². The molecule has 0 aromatic heterocycles. The number of likely N-dealkylation sites (tertiary alicyclic amines) is 1. The summed E-state index contributed by atoms with van der Waals surface area (Å²) in [7, 11) is 1.71. The zero-order valence-electron chi connectivity index (χ0n) is 11.6. The molecule has 1 aliphatic heterocycles. The molecule has 3 atom stereocenters. The van der Waals surface area contributed by atoms with E-state index >= 15 is 0 Å². The maximum absolute atomic E-state index is 12.6. The van der Waals surface area contributed by atoms with Gasteiger partial charge in [0.25, 0.3) is 0 Å². The number of rotatable bonds is 4. The summed E-state index contributed by atoms with van der Waals surface area (Å²) < 4.78 is 5.13. The molecule has 3 rings (SSSR count). The summed E-state index contributed by atoms with van der Waals surface area (Å²) in [6.07, 6.45) is 5.34. The second kappa shape index (κ2) is 5.58. The molecule has 3 unspecified atom stereocenters. The lowest BCUT2D eigenvalue weighted by atomic mass is 9.98. The van der Waals surface area contributed by atoms with Gasteiger partial charge in [0.2, 0.25) is 5.91 Å². The van der Waals surface area contributed by atoms with Crippen LogP contribution in [0.25, 0.3) is 0 Å². The molecule has 1 saturated heterocycles. The first-order valence-electron chi connectivity index (χ1n) is 7.20. The van der Waals surface area contributed by atoms with Crippen molar-refractivity contribution in [3.05, 3.63) is 0 Å². The minimum atomic E-state index is -0.0707. The van der Waals surface area contributed by atoms with Crippen LogP contribution in [0.1, 0.15) is 32.1 Å². The molecular formula is C14H25ClN2O2. The number of carbonyl (C=O) groups is 1. The molecule has 0 aromatic carbocycles. The second-order valence-corrected chi connectivity index (χ2v) is 6.40. The first-order valence-corrected chi connectivity index (χ1v) is 7.20. The molecule has 1 heterocycles. The highest BCUT2D eigenvalue weighted by atomic mass is 35.5. The number of hydrogen-bond donors (Lipinski definition) is 1. The molecule has 19 heavy (non-hydrogen) atoms. The summed E-state index contributed by atoms with van der Waals surface area (Å²) in [5.41, 5.74) is 6.06. The van der Waals surface area contributed by atoms with E-state index < -0.39 is 0 Å². The Kier molecular flexibility index (Phi) is 4.43. The Morgan fingerprint density at radius 1 is 1.37 bits per heavy atom. The highest BCUT2D eigenvalue weighted by Gasteiger charge is 2.53. The van der Waals surface area contributed by atoms with Crippen molar-refractivity contribution in [2.75, 3.05) is 26.8 Å². The normalized spacial score (nSPS) is 34.8. The quantitative estimate of drug-likeness (QED) is 0.851. The average molecular weight is 289 g/mol. The fraction of sp³-hybridized carbons (Fsp3) is 0.929. The van der Waals surface area contributed by atoms with Gasteiger partial charge in [-0.05, 0) is 43.9 Å². The lowest BCUT2D eigenvalue weighted by Crippen LogP contribution is -2.38. The van der Waals surface area contributed by atoms with E-state index in [0.717, 1.165) is 38.8 Å². The van der Waals surface area contributed by atoms with Gasteiger partial charge in [0.1, 0.15) is 0 Å². The van der Waals surface area contributed by atoms with Gasteiger partial charge in [-0.25, -0.2) is 0 Å². The van der Waals surface area contributed by atoms with E-state index in [4.69, 9.17) is 10.5 Å². The van der Waals surface area contributed by atoms with Crippen LogP contribution in [0.15, 0.2) is 0 Å². The topological polar surface area (TPSA) is 55.6 Å². The highest BCUT2D eigenvalue weighted by molar-refractivity contribution is 5.86. The van der Waals surface area contributed by atoms with Crippen LogP contribution in [0, 0.1) is 17.3 Å². The van der Waals surface area contributed by atoms with Gasteiger partial charge < -0.3 is 15.4 Å². The number of fused-ring (bicyclic) bond motifs is 1. The van der Waals surface area contributed by atoms with Gasteiger partial charge in [0.15, 0.2) is 0 Å². The van der Waals surface area contributed by atoms with E-state index in [-0.39, 0.29) is 17.8 Å². The van der Waals surface area contributed by atoms with E-state index in [1.807, 2.05) is 0 Å². The van der Waals surface area contributed by atoms with Gasteiger partial charge in [0, 0.05) is 32.8 Å². The van der Waals surface area contributed by atoms with E-state index in [1.54, 1.807) is 7.11 Å². The number of nitrogens with two attached hydrogens (primary N) is 1. The molecule has 0 aromatic rings. The number of carbonyl (C=O) groups excluding carboxylic acids is 1. The highest BCUT2D eigenvalue weighted by Crippen LogP contribution is 2.51. The summed E-state index contributed by atoms with van der Waals surface area (Å²) in [6.45, 7) is 2.55. The van der Waals surface area contributed by atoms with Crippen LogP contribution in [-0.2, 0) is 9.53 Å². The Balaban J connectivity index is 0.00000133. The summed E-state index contributed by atoms with van der Waals surface area (Å²) in [5, 5.41) is 0. The molecule has 2 aliphatic carbocycles. The van der Waals surface area contributed by atoms with Crippen molar-refractivity contribution >= 4 is 18.3 Å². The molecule has 4 nitrogen and oxygen atoms in total. The molecule has 2 N–H and O–H groups in total. The van der Waals surface area contributed by atoms with Gasteiger partial charge in [-0.2, -0.15) is 0 Å². The monoisotopic (exact) mass is 288 g/mol. The zero-order valence-corrected chi connectivity index (χ0v) is 12.5. The van der Waals surface area contributed by atoms with Crippen molar-refractivity contribution < 1.29 is 9.53 Å². The van der Waals surface area contributed by atoms with Gasteiger partial charge in [-0.15, -0.1) is 12.4 Å². The number of ether oxygens (including phenoxy) is 1. The van der Waals surface area contributed by atoms with Crippen molar-refractivity contribution in [3.63, 3.8) is 0 Å². The summed E-state index contributed by atoms with van der Waals surface area (Å²) in [5.74, 6) is 1.61. The zero-order chi connectivity index (χ0) is 12.8. The average Bonchev–Trinajstić information content (AvgIpc) is 2.91. The van der Waals surface area contributed by atoms with Crippen LogP contribution in [0.3, 0.4) is 0 Å². The number of hydrogen-bond acceptors (Lipinski definition) is 3. The molecule has 110 valence electrons. The van der Waals surface area contributed by atoms with Crippen LogP contribution in [0.4, 0.5) is 0 Å². The van der Waals surface area contributed by atoms with E-state index in [2.05, 4.69) is 4.90 Å². The van der Waals surface area contributed by atoms with Gasteiger partial charge in [0.05, 0.1) is 5.41 Å². The SMILES string of the molecule is COCCC1(C(=O)N2CC3CCC(N)C3C2)CC1.Cl. The van der Waals surface area contributed by atoms with Crippen molar-refractivity contribution in [1.29, 1.82) is 0 Å². The lowest BCUT2D eigenvalue weighted by molar-refractivity contribution is -0.137. The molecule has 2 saturated carbocycles. The molecule has 0 spiro atoms. The minimum absolute atomic E-state index is 0. The molecule has 1 amide bonds. The first-order chi connectivity index (χ1) is 8.66. The Labute approximate surface area is 121 Å². The Morgan fingerprint density at radius 2 is 2.11 bits per heavy atom. The van der Waals surface area contributed by atoms with E-state index in [1.165, 1.54) is 6.42 Å². The molecule has 0 radical (unpaired) electrons. The molecule has 5 heteroatoms. The summed E-state index contributed by atoms with van der Waals surface area (Å²) >= 11 is 0. The smallest absolute Gasteiger partial charge is 0.228 e. The van der Waals surface area contributed by atoms with Crippen LogP contribution < -0.4 is 5.73 Å². The van der Waals surface area contributed by atoms with E-state index in [0.29, 0.717) is 30.4 Å². The standard InChI is InChI=1S/C14H24N2O2.ClH/c1-18-7-6-14(4-5-14)13(17)16-8-10-2-3-12(15)11(10)9-16;/h10-12H,2-9,15H2,1H3;1H. The first kappa shape index (κ1) is 15.1. The third-order valence-corrected chi connectivity index (χ3v) is 5.29. The van der Waals surface area contributed by atoms with Gasteiger partial charge in [-0.1, -0.05) is 0 Å². The van der Waals surface area contributed by atoms with Crippen LogP contribution in [0.5, 0.6) is 0 Å². The summed E-state index contributed by atoms with van der Waals surface area (Å²) in [4.78, 5) is 14.7. The van der Waals surface area contributed by atoms with Crippen molar-refractivity contribution in [2.45, 2.75) is 38.1 Å². The summed E-state index contributed by atoms with van der Waals surface area (Å²) in [6, 6.07) is 0.321. The Bertz CT molecular complexity index is 346. The Morgan fingerprint density at radius 3 is 2.68 bits per heavy atom. The number of methoxy groups -OCH3 is 1. The maximum atomic E-state index is 12.6. The fourth-order valence-electron chi connectivity index (χ4n) is 3.83. The number of halogens is 1. The number of amides is 1. The third-order valence-electron chi connectivity index (χ3n) is 5.29. The lowest BCUT2D eigenvalue weighted by Gasteiger charge is -2.24. The fourth-order valence-corrected chi connectivity index (χ4v) is 3.83. The Hall–Kier alpha value is -0.320. The van der Waals surface area contributed by atoms with Crippen molar-refractivity contribution in [1.82, 2.24) is 4.90 Å². The molecule has 3 aliphatic rings. The predicted molar refractivity (Wildman–Crippen MR) is 76.2 cm³/mol.